The Morgan fingerprint density at radius 2 is 2.07 bits per heavy atom. The zero-order valence-corrected chi connectivity index (χ0v) is 14.8. The number of nitrogens with two attached hydrogens (primary N) is 1. The first kappa shape index (κ1) is 16.6. The van der Waals surface area contributed by atoms with Crippen LogP contribution in [0.1, 0.15) is 22.6 Å². The summed E-state index contributed by atoms with van der Waals surface area (Å²) < 4.78 is 6.30. The highest BCUT2D eigenvalue weighted by atomic mass is 32.1. The van der Waals surface area contributed by atoms with Gasteiger partial charge in [-0.1, -0.05) is 0 Å². The molecule has 1 aliphatic heterocycles. The quantitative estimate of drug-likeness (QED) is 0.622. The van der Waals surface area contributed by atoms with Gasteiger partial charge in [0, 0.05) is 19.4 Å². The molecule has 0 aliphatic carbocycles. The van der Waals surface area contributed by atoms with E-state index in [2.05, 4.69) is 27.4 Å². The van der Waals surface area contributed by atoms with Crippen LogP contribution in [0.25, 0.3) is 10.2 Å². The topological polar surface area (TPSA) is 141 Å². The van der Waals surface area contributed by atoms with Crippen LogP contribution in [-0.4, -0.2) is 17.0 Å². The molecular weight excluding hydrogens is 364 g/mol. The molecule has 1 aliphatic rings. The molecular formula is C18H12N6O2S. The van der Waals surface area contributed by atoms with Crippen molar-refractivity contribution in [3.8, 4) is 17.9 Å². The van der Waals surface area contributed by atoms with Crippen LogP contribution in [0, 0.1) is 22.7 Å². The van der Waals surface area contributed by atoms with E-state index >= 15 is 0 Å². The molecule has 9 heteroatoms. The molecule has 3 aromatic rings. The molecule has 3 aromatic heterocycles. The predicted octanol–water partition coefficient (Wildman–Crippen LogP) is 2.12. The summed E-state index contributed by atoms with van der Waals surface area (Å²) in [6.45, 7) is 0. The van der Waals surface area contributed by atoms with Crippen LogP contribution in [0.15, 0.2) is 40.8 Å². The molecule has 1 unspecified atom stereocenters. The van der Waals surface area contributed by atoms with Crippen molar-refractivity contribution in [3.05, 3.63) is 63.0 Å². The number of anilines is 1. The molecule has 8 nitrogen and oxygen atoms in total. The van der Waals surface area contributed by atoms with E-state index in [1.807, 2.05) is 0 Å². The number of hydrogen-bond acceptors (Lipinski definition) is 8. The summed E-state index contributed by atoms with van der Waals surface area (Å²) in [5, 5.41) is 22.6. The fourth-order valence-corrected chi connectivity index (χ4v) is 4.28. The van der Waals surface area contributed by atoms with Crippen LogP contribution < -0.4 is 21.3 Å². The Kier molecular flexibility index (Phi) is 3.80. The van der Waals surface area contributed by atoms with E-state index in [0.29, 0.717) is 26.3 Å². The van der Waals surface area contributed by atoms with Gasteiger partial charge in [0.15, 0.2) is 5.75 Å². The van der Waals surface area contributed by atoms with Gasteiger partial charge < -0.3 is 20.8 Å². The number of thiophene rings is 1. The van der Waals surface area contributed by atoms with Crippen molar-refractivity contribution < 1.29 is 4.74 Å². The molecule has 0 bridgehead atoms. The molecule has 4 rings (SSSR count). The minimum atomic E-state index is -0.680. The van der Waals surface area contributed by atoms with E-state index in [1.54, 1.807) is 31.6 Å². The molecule has 0 spiro atoms. The van der Waals surface area contributed by atoms with Crippen LogP contribution in [-0.2, 0) is 0 Å². The number of hydrogen-bond donors (Lipinski definition) is 3. The van der Waals surface area contributed by atoms with Crippen molar-refractivity contribution in [1.82, 2.24) is 9.97 Å². The zero-order valence-electron chi connectivity index (χ0n) is 14.0. The highest BCUT2D eigenvalue weighted by Crippen LogP contribution is 2.47. The van der Waals surface area contributed by atoms with Crippen LogP contribution in [0.3, 0.4) is 0 Å². The fourth-order valence-electron chi connectivity index (χ4n) is 3.22. The van der Waals surface area contributed by atoms with Crippen LogP contribution >= 0.6 is 11.3 Å². The van der Waals surface area contributed by atoms with Crippen molar-refractivity contribution in [2.45, 2.75) is 5.92 Å². The summed E-state index contributed by atoms with van der Waals surface area (Å²) in [5.41, 5.74) is 7.44. The largest absolute Gasteiger partial charge is 0.438 e. The van der Waals surface area contributed by atoms with Crippen molar-refractivity contribution in [2.75, 3.05) is 12.4 Å². The minimum Gasteiger partial charge on any atom is -0.438 e. The Labute approximate surface area is 157 Å². The predicted molar refractivity (Wildman–Crippen MR) is 100 cm³/mol. The van der Waals surface area contributed by atoms with E-state index in [0.717, 1.165) is 0 Å². The third-order valence-electron chi connectivity index (χ3n) is 4.40. The number of aromatic nitrogens is 2. The SMILES string of the molecule is CNc1sc2c3c(c(=O)[nH]c2c1C#N)C(c1ccncc1)C(C#N)=C(N)O3. The van der Waals surface area contributed by atoms with Gasteiger partial charge >= 0.3 is 0 Å². The van der Waals surface area contributed by atoms with Gasteiger partial charge in [-0.2, -0.15) is 10.5 Å². The van der Waals surface area contributed by atoms with Gasteiger partial charge in [0.1, 0.15) is 28.3 Å². The number of nitrogens with zero attached hydrogens (tertiary/aromatic N) is 3. The average molecular weight is 376 g/mol. The van der Waals surface area contributed by atoms with Gasteiger partial charge in [-0.25, -0.2) is 0 Å². The first-order valence-corrected chi connectivity index (χ1v) is 8.70. The van der Waals surface area contributed by atoms with Crippen molar-refractivity contribution in [1.29, 1.82) is 10.5 Å². The van der Waals surface area contributed by atoms with E-state index in [4.69, 9.17) is 10.5 Å². The van der Waals surface area contributed by atoms with Gasteiger partial charge in [0.05, 0.1) is 21.7 Å². The van der Waals surface area contributed by atoms with Gasteiger partial charge in [-0.15, -0.1) is 11.3 Å². The Morgan fingerprint density at radius 1 is 1.33 bits per heavy atom. The summed E-state index contributed by atoms with van der Waals surface area (Å²) in [6, 6.07) is 7.60. The number of fused-ring (bicyclic) bond motifs is 3. The molecule has 0 saturated heterocycles. The van der Waals surface area contributed by atoms with Crippen LogP contribution in [0.5, 0.6) is 5.75 Å². The lowest BCUT2D eigenvalue weighted by Crippen LogP contribution is -2.27. The first-order chi connectivity index (χ1) is 13.1. The van der Waals surface area contributed by atoms with Gasteiger partial charge in [-0.05, 0) is 17.7 Å². The van der Waals surface area contributed by atoms with Crippen molar-refractivity contribution in [2.24, 2.45) is 5.73 Å². The number of nitriles is 2. The molecule has 132 valence electrons. The second kappa shape index (κ2) is 6.16. The first-order valence-electron chi connectivity index (χ1n) is 7.88. The summed E-state index contributed by atoms with van der Waals surface area (Å²) in [6.07, 6.45) is 3.17. The molecule has 1 atom stereocenters. The second-order valence-corrected chi connectivity index (χ2v) is 6.80. The number of ether oxygens (including phenoxy) is 1. The van der Waals surface area contributed by atoms with Gasteiger partial charge in [0.2, 0.25) is 5.88 Å². The number of H-pyrrole nitrogens is 1. The zero-order chi connectivity index (χ0) is 19.1. The number of nitrogens with one attached hydrogen (secondary N) is 2. The molecule has 0 saturated carbocycles. The van der Waals surface area contributed by atoms with E-state index < -0.39 is 11.5 Å². The number of rotatable bonds is 2. The Balaban J connectivity index is 2.11. The van der Waals surface area contributed by atoms with E-state index in [-0.39, 0.29) is 22.8 Å². The van der Waals surface area contributed by atoms with E-state index in [9.17, 15) is 15.3 Å². The van der Waals surface area contributed by atoms with E-state index in [1.165, 1.54) is 11.3 Å². The maximum atomic E-state index is 12.9. The lowest BCUT2D eigenvalue weighted by atomic mass is 9.84. The molecule has 0 aromatic carbocycles. The molecule has 4 heterocycles. The third kappa shape index (κ3) is 2.34. The highest BCUT2D eigenvalue weighted by Gasteiger charge is 2.35. The Hall–Kier alpha value is -3.82. The summed E-state index contributed by atoms with van der Waals surface area (Å²) in [7, 11) is 1.69. The number of allylic oxidation sites excluding steroid dienone is 1. The third-order valence-corrected chi connectivity index (χ3v) is 5.60. The molecule has 27 heavy (non-hydrogen) atoms. The number of aromatic amines is 1. The monoisotopic (exact) mass is 376 g/mol. The Morgan fingerprint density at radius 3 is 2.70 bits per heavy atom. The highest BCUT2D eigenvalue weighted by molar-refractivity contribution is 7.23. The maximum absolute atomic E-state index is 12.9. The fraction of sp³-hybridized carbons (Fsp3) is 0.111. The molecule has 0 radical (unpaired) electrons. The standard InChI is InChI=1S/C18H12N6O2S/c1-22-18-10(7-20)13-15(27-18)14-12(17(25)24-13)11(8-2-4-23-5-3-8)9(6-19)16(21)26-14/h2-5,11,22H,21H2,1H3,(H,24,25). The van der Waals surface area contributed by atoms with Gasteiger partial charge in [0.25, 0.3) is 5.56 Å². The smallest absolute Gasteiger partial charge is 0.256 e. The lowest BCUT2D eigenvalue weighted by Gasteiger charge is -2.25. The minimum absolute atomic E-state index is 0.0587. The molecule has 0 fully saturated rings. The van der Waals surface area contributed by atoms with Gasteiger partial charge in [-0.3, -0.25) is 9.78 Å². The molecule has 4 N–H and O–H groups in total. The average Bonchev–Trinajstić information content (AvgIpc) is 3.05. The summed E-state index contributed by atoms with van der Waals surface area (Å²) in [5.74, 6) is -0.465. The summed E-state index contributed by atoms with van der Waals surface area (Å²) >= 11 is 1.28. The lowest BCUT2D eigenvalue weighted by molar-refractivity contribution is 0.397. The Bertz CT molecular complexity index is 1240. The van der Waals surface area contributed by atoms with Crippen LogP contribution in [0.4, 0.5) is 5.00 Å². The van der Waals surface area contributed by atoms with Crippen molar-refractivity contribution in [3.63, 3.8) is 0 Å². The number of pyridine rings is 2. The van der Waals surface area contributed by atoms with Crippen molar-refractivity contribution >= 4 is 26.6 Å². The van der Waals surface area contributed by atoms with Crippen LogP contribution in [0.2, 0.25) is 0 Å². The second-order valence-electron chi connectivity index (χ2n) is 5.77. The summed E-state index contributed by atoms with van der Waals surface area (Å²) in [4.78, 5) is 19.7. The maximum Gasteiger partial charge on any atom is 0.256 e. The normalized spacial score (nSPS) is 15.6. The molecule has 0 amide bonds.